The number of carbonyl (C=O) groups is 1. The second-order valence-corrected chi connectivity index (χ2v) is 6.67. The molecule has 0 spiro atoms. The van der Waals surface area contributed by atoms with Gasteiger partial charge in [0.25, 0.3) is 0 Å². The lowest BCUT2D eigenvalue weighted by Gasteiger charge is -2.33. The zero-order valence-corrected chi connectivity index (χ0v) is 15.0. The molecule has 6 nitrogen and oxygen atoms in total. The molecule has 1 aromatic carbocycles. The minimum atomic E-state index is 0.267. The smallest absolute Gasteiger partial charge is 0.222 e. The molecule has 1 saturated carbocycles. The maximum Gasteiger partial charge on any atom is 0.222 e. The van der Waals surface area contributed by atoms with Crippen molar-refractivity contribution in [3.05, 3.63) is 30.3 Å². The number of tetrazole rings is 1. The van der Waals surface area contributed by atoms with Crippen molar-refractivity contribution in [1.82, 2.24) is 25.1 Å². The predicted molar refractivity (Wildman–Crippen MR) is 96.7 cm³/mol. The van der Waals surface area contributed by atoms with Crippen LogP contribution in [0.2, 0.25) is 0 Å². The molecule has 0 atom stereocenters. The summed E-state index contributed by atoms with van der Waals surface area (Å²) in [6.45, 7) is 3.55. The molecule has 3 rings (SSSR count). The van der Waals surface area contributed by atoms with Crippen molar-refractivity contribution in [3.8, 4) is 11.4 Å². The third-order valence-electron chi connectivity index (χ3n) is 5.00. The highest BCUT2D eigenvalue weighted by molar-refractivity contribution is 5.76. The van der Waals surface area contributed by atoms with E-state index in [0.29, 0.717) is 19.0 Å². The van der Waals surface area contributed by atoms with E-state index in [9.17, 15) is 4.79 Å². The van der Waals surface area contributed by atoms with E-state index >= 15 is 0 Å². The summed E-state index contributed by atoms with van der Waals surface area (Å²) in [6, 6.07) is 10.4. The van der Waals surface area contributed by atoms with Gasteiger partial charge in [-0.2, -0.15) is 0 Å². The maximum atomic E-state index is 12.6. The second-order valence-electron chi connectivity index (χ2n) is 6.67. The van der Waals surface area contributed by atoms with Crippen molar-refractivity contribution in [2.45, 2.75) is 64.5 Å². The SMILES string of the molecule is CCN(C(=O)CCCn1nnnc1-c1ccccc1)C1CCCCC1. The Bertz CT molecular complexity index is 663. The number of amides is 1. The fraction of sp³-hybridized carbons (Fsp3) is 0.579. The summed E-state index contributed by atoms with van der Waals surface area (Å²) in [4.78, 5) is 14.7. The van der Waals surface area contributed by atoms with Crippen LogP contribution >= 0.6 is 0 Å². The Labute approximate surface area is 149 Å². The first-order chi connectivity index (χ1) is 12.3. The number of aromatic nitrogens is 4. The topological polar surface area (TPSA) is 63.9 Å². The average molecular weight is 341 g/mol. The van der Waals surface area contributed by atoms with Gasteiger partial charge in [-0.1, -0.05) is 49.6 Å². The molecule has 1 fully saturated rings. The number of rotatable bonds is 7. The molecule has 0 unspecified atom stereocenters. The predicted octanol–water partition coefficient (Wildman–Crippen LogP) is 3.30. The van der Waals surface area contributed by atoms with E-state index in [1.54, 1.807) is 4.68 Å². The summed E-state index contributed by atoms with van der Waals surface area (Å²) < 4.78 is 1.79. The Hall–Kier alpha value is -2.24. The number of aryl methyl sites for hydroxylation is 1. The van der Waals surface area contributed by atoms with Gasteiger partial charge in [-0.05, 0) is 36.6 Å². The highest BCUT2D eigenvalue weighted by atomic mass is 16.2. The number of hydrogen-bond acceptors (Lipinski definition) is 4. The average Bonchev–Trinajstić information content (AvgIpc) is 3.12. The summed E-state index contributed by atoms with van der Waals surface area (Å²) in [5.74, 6) is 1.02. The Morgan fingerprint density at radius 2 is 1.96 bits per heavy atom. The van der Waals surface area contributed by atoms with Gasteiger partial charge in [0.15, 0.2) is 5.82 Å². The minimum absolute atomic E-state index is 0.267. The van der Waals surface area contributed by atoms with Gasteiger partial charge < -0.3 is 4.90 Å². The molecule has 1 aliphatic rings. The summed E-state index contributed by atoms with van der Waals surface area (Å²) in [5, 5.41) is 12.0. The zero-order valence-electron chi connectivity index (χ0n) is 15.0. The Morgan fingerprint density at radius 3 is 2.68 bits per heavy atom. The molecule has 1 heterocycles. The van der Waals surface area contributed by atoms with Crippen LogP contribution in [-0.4, -0.2) is 43.6 Å². The molecule has 0 radical (unpaired) electrons. The molecule has 0 bridgehead atoms. The van der Waals surface area contributed by atoms with Gasteiger partial charge >= 0.3 is 0 Å². The second kappa shape index (κ2) is 8.74. The first-order valence-electron chi connectivity index (χ1n) is 9.40. The van der Waals surface area contributed by atoms with E-state index < -0.39 is 0 Å². The van der Waals surface area contributed by atoms with E-state index in [4.69, 9.17) is 0 Å². The summed E-state index contributed by atoms with van der Waals surface area (Å²) in [6.07, 6.45) is 7.43. The Balaban J connectivity index is 1.54. The Kier molecular flexibility index (Phi) is 6.14. The van der Waals surface area contributed by atoms with Crippen LogP contribution in [0.5, 0.6) is 0 Å². The van der Waals surface area contributed by atoms with Crippen molar-refractivity contribution in [1.29, 1.82) is 0 Å². The van der Waals surface area contributed by atoms with Crippen LogP contribution in [0, 0.1) is 0 Å². The molecule has 1 aliphatic carbocycles. The normalized spacial score (nSPS) is 15.2. The molecule has 0 N–H and O–H groups in total. The standard InChI is InChI=1S/C19H27N5O/c1-2-23(17-12-7-4-8-13-17)18(25)14-9-15-24-19(20-21-22-24)16-10-5-3-6-11-16/h3,5-6,10-11,17H,2,4,7-9,12-15H2,1H3. The van der Waals surface area contributed by atoms with Crippen molar-refractivity contribution >= 4 is 5.91 Å². The van der Waals surface area contributed by atoms with Crippen LogP contribution in [-0.2, 0) is 11.3 Å². The van der Waals surface area contributed by atoms with Gasteiger partial charge in [-0.3, -0.25) is 4.79 Å². The fourth-order valence-electron chi connectivity index (χ4n) is 3.70. The van der Waals surface area contributed by atoms with E-state index in [1.165, 1.54) is 19.3 Å². The van der Waals surface area contributed by atoms with E-state index in [0.717, 1.165) is 37.2 Å². The van der Waals surface area contributed by atoms with Gasteiger partial charge in [0.05, 0.1) is 0 Å². The third kappa shape index (κ3) is 4.44. The molecule has 0 saturated heterocycles. The lowest BCUT2D eigenvalue weighted by molar-refractivity contribution is -0.134. The molecular formula is C19H27N5O. The lowest BCUT2D eigenvalue weighted by Crippen LogP contribution is -2.41. The molecule has 6 heteroatoms. The maximum absolute atomic E-state index is 12.6. The molecule has 0 aliphatic heterocycles. The summed E-state index contributed by atoms with van der Waals surface area (Å²) in [7, 11) is 0. The monoisotopic (exact) mass is 341 g/mol. The third-order valence-corrected chi connectivity index (χ3v) is 5.00. The van der Waals surface area contributed by atoms with E-state index in [2.05, 4.69) is 27.3 Å². The highest BCUT2D eigenvalue weighted by Gasteiger charge is 2.23. The van der Waals surface area contributed by atoms with E-state index in [1.807, 2.05) is 30.3 Å². The van der Waals surface area contributed by atoms with Gasteiger partial charge in [0.2, 0.25) is 5.91 Å². The molecule has 2 aromatic rings. The number of hydrogen-bond donors (Lipinski definition) is 0. The zero-order chi connectivity index (χ0) is 17.5. The van der Waals surface area contributed by atoms with Crippen molar-refractivity contribution < 1.29 is 4.79 Å². The van der Waals surface area contributed by atoms with Gasteiger partial charge in [0.1, 0.15) is 0 Å². The van der Waals surface area contributed by atoms with Crippen LogP contribution in [0.25, 0.3) is 11.4 Å². The van der Waals surface area contributed by atoms with Crippen LogP contribution in [0.4, 0.5) is 0 Å². The first kappa shape index (κ1) is 17.6. The van der Waals surface area contributed by atoms with E-state index in [-0.39, 0.29) is 5.91 Å². The minimum Gasteiger partial charge on any atom is -0.340 e. The van der Waals surface area contributed by atoms with Gasteiger partial charge in [-0.15, -0.1) is 5.10 Å². The number of carbonyl (C=O) groups excluding carboxylic acids is 1. The Morgan fingerprint density at radius 1 is 1.20 bits per heavy atom. The largest absolute Gasteiger partial charge is 0.340 e. The summed E-state index contributed by atoms with van der Waals surface area (Å²) >= 11 is 0. The molecule has 1 amide bonds. The molecular weight excluding hydrogens is 314 g/mol. The van der Waals surface area contributed by atoms with Crippen LogP contribution in [0.1, 0.15) is 51.9 Å². The van der Waals surface area contributed by atoms with Gasteiger partial charge in [0, 0.05) is 31.1 Å². The molecule has 1 aromatic heterocycles. The number of benzene rings is 1. The van der Waals surface area contributed by atoms with Crippen molar-refractivity contribution in [3.63, 3.8) is 0 Å². The summed E-state index contributed by atoms with van der Waals surface area (Å²) in [5.41, 5.74) is 0.996. The molecule has 25 heavy (non-hydrogen) atoms. The van der Waals surface area contributed by atoms with Crippen LogP contribution in [0.15, 0.2) is 30.3 Å². The molecule has 134 valence electrons. The quantitative estimate of drug-likeness (QED) is 0.775. The fourth-order valence-corrected chi connectivity index (χ4v) is 3.70. The van der Waals surface area contributed by atoms with Crippen LogP contribution in [0.3, 0.4) is 0 Å². The number of nitrogens with zero attached hydrogens (tertiary/aromatic N) is 5. The lowest BCUT2D eigenvalue weighted by atomic mass is 9.94. The van der Waals surface area contributed by atoms with Crippen molar-refractivity contribution in [2.24, 2.45) is 0 Å². The first-order valence-corrected chi connectivity index (χ1v) is 9.40. The van der Waals surface area contributed by atoms with Crippen LogP contribution < -0.4 is 0 Å². The van der Waals surface area contributed by atoms with Gasteiger partial charge in [-0.25, -0.2) is 4.68 Å². The van der Waals surface area contributed by atoms with Crippen molar-refractivity contribution in [2.75, 3.05) is 6.54 Å². The highest BCUT2D eigenvalue weighted by Crippen LogP contribution is 2.23.